The molecule has 0 spiro atoms. The maximum Gasteiger partial charge on any atom is 0.339 e. The molecule has 19 heavy (non-hydrogen) atoms. The van der Waals surface area contributed by atoms with E-state index in [-0.39, 0.29) is 17.9 Å². The third-order valence-electron chi connectivity index (χ3n) is 2.71. The number of carboxylic acids is 1. The third-order valence-corrected chi connectivity index (χ3v) is 2.71. The van der Waals surface area contributed by atoms with Crippen LogP contribution in [0.3, 0.4) is 0 Å². The molecule has 104 valence electrons. The molecule has 0 aliphatic heterocycles. The van der Waals surface area contributed by atoms with Gasteiger partial charge < -0.3 is 14.9 Å². The number of para-hydroxylation sites is 1. The predicted octanol–water partition coefficient (Wildman–Crippen LogP) is 1.83. The van der Waals surface area contributed by atoms with Gasteiger partial charge in [0.05, 0.1) is 10.5 Å². The Labute approximate surface area is 109 Å². The Morgan fingerprint density at radius 2 is 2.16 bits per heavy atom. The van der Waals surface area contributed by atoms with Gasteiger partial charge in [-0.05, 0) is 19.4 Å². The van der Waals surface area contributed by atoms with E-state index in [9.17, 15) is 20.0 Å². The molecule has 0 fully saturated rings. The maximum absolute atomic E-state index is 11.0. The molecule has 0 aliphatic rings. The van der Waals surface area contributed by atoms with E-state index in [1.807, 2.05) is 0 Å². The van der Waals surface area contributed by atoms with Gasteiger partial charge in [-0.2, -0.15) is 0 Å². The summed E-state index contributed by atoms with van der Waals surface area (Å²) in [7, 11) is 0. The lowest BCUT2D eigenvalue weighted by molar-refractivity contribution is -0.386. The first-order chi connectivity index (χ1) is 8.78. The minimum Gasteiger partial charge on any atom is -0.483 e. The SMILES string of the molecule is CCC(C)(O)COc1c(C(=O)O)cccc1[N+](=O)[O-]. The van der Waals surface area contributed by atoms with Crippen molar-refractivity contribution in [2.45, 2.75) is 25.9 Å². The van der Waals surface area contributed by atoms with E-state index in [1.165, 1.54) is 19.1 Å². The highest BCUT2D eigenvalue weighted by Crippen LogP contribution is 2.31. The van der Waals surface area contributed by atoms with Crippen LogP contribution < -0.4 is 4.74 Å². The molecule has 0 saturated carbocycles. The Kier molecular flexibility index (Phi) is 4.44. The van der Waals surface area contributed by atoms with Crippen LogP contribution in [-0.2, 0) is 0 Å². The van der Waals surface area contributed by atoms with Crippen LogP contribution in [0.15, 0.2) is 18.2 Å². The highest BCUT2D eigenvalue weighted by Gasteiger charge is 2.26. The molecule has 2 N–H and O–H groups in total. The van der Waals surface area contributed by atoms with Crippen LogP contribution in [0.25, 0.3) is 0 Å². The van der Waals surface area contributed by atoms with Crippen molar-refractivity contribution >= 4 is 11.7 Å². The van der Waals surface area contributed by atoms with Crippen molar-refractivity contribution in [3.63, 3.8) is 0 Å². The minimum atomic E-state index is -1.32. The number of aromatic carboxylic acids is 1. The first kappa shape index (κ1) is 14.9. The van der Waals surface area contributed by atoms with Gasteiger partial charge >= 0.3 is 11.7 Å². The van der Waals surface area contributed by atoms with E-state index in [4.69, 9.17) is 9.84 Å². The lowest BCUT2D eigenvalue weighted by Crippen LogP contribution is -2.31. The van der Waals surface area contributed by atoms with Crippen LogP contribution in [0.4, 0.5) is 5.69 Å². The molecule has 1 atom stereocenters. The maximum atomic E-state index is 11.0. The van der Waals surface area contributed by atoms with E-state index in [0.717, 1.165) is 6.07 Å². The molecule has 1 rings (SSSR count). The number of ether oxygens (including phenoxy) is 1. The van der Waals surface area contributed by atoms with Gasteiger partial charge in [-0.3, -0.25) is 10.1 Å². The van der Waals surface area contributed by atoms with Crippen LogP contribution in [0.1, 0.15) is 30.6 Å². The van der Waals surface area contributed by atoms with E-state index in [2.05, 4.69) is 0 Å². The number of nitro groups is 1. The lowest BCUT2D eigenvalue weighted by Gasteiger charge is -2.21. The number of rotatable bonds is 6. The van der Waals surface area contributed by atoms with E-state index >= 15 is 0 Å². The van der Waals surface area contributed by atoms with Crippen molar-refractivity contribution in [3.05, 3.63) is 33.9 Å². The summed E-state index contributed by atoms with van der Waals surface area (Å²) in [4.78, 5) is 21.2. The Morgan fingerprint density at radius 3 is 2.63 bits per heavy atom. The van der Waals surface area contributed by atoms with E-state index < -0.39 is 22.2 Å². The normalized spacial score (nSPS) is 13.6. The fourth-order valence-electron chi connectivity index (χ4n) is 1.32. The first-order valence-electron chi connectivity index (χ1n) is 5.64. The Bertz CT molecular complexity index is 465. The number of hydrogen-bond donors (Lipinski definition) is 2. The quantitative estimate of drug-likeness (QED) is 0.602. The van der Waals surface area contributed by atoms with Crippen LogP contribution in [0, 0.1) is 10.1 Å². The van der Waals surface area contributed by atoms with Gasteiger partial charge in [0.1, 0.15) is 12.2 Å². The minimum absolute atomic E-state index is 0.228. The van der Waals surface area contributed by atoms with Gasteiger partial charge in [0.15, 0.2) is 0 Å². The zero-order chi connectivity index (χ0) is 14.6. The molecule has 1 aromatic rings. The summed E-state index contributed by atoms with van der Waals surface area (Å²) in [5.74, 6) is -1.66. The second-order valence-corrected chi connectivity index (χ2v) is 4.36. The van der Waals surface area contributed by atoms with Crippen LogP contribution in [0.2, 0.25) is 0 Å². The lowest BCUT2D eigenvalue weighted by atomic mass is 10.1. The van der Waals surface area contributed by atoms with Gasteiger partial charge in [-0.15, -0.1) is 0 Å². The highest BCUT2D eigenvalue weighted by atomic mass is 16.6. The van der Waals surface area contributed by atoms with E-state index in [1.54, 1.807) is 6.92 Å². The fraction of sp³-hybridized carbons (Fsp3) is 0.417. The molecular weight excluding hydrogens is 254 g/mol. The Hall–Kier alpha value is -2.15. The standard InChI is InChI=1S/C12H15NO6/c1-3-12(2,16)7-19-10-8(11(14)15)5-4-6-9(10)13(17)18/h4-6,16H,3,7H2,1-2H3,(H,14,15). The summed E-state index contributed by atoms with van der Waals surface area (Å²) in [5, 5.41) is 29.7. The Balaban J connectivity index is 3.15. The van der Waals surface area contributed by atoms with Crippen molar-refractivity contribution in [2.75, 3.05) is 6.61 Å². The number of carbonyl (C=O) groups is 1. The van der Waals surface area contributed by atoms with Crippen molar-refractivity contribution in [3.8, 4) is 5.75 Å². The number of hydrogen-bond acceptors (Lipinski definition) is 5. The molecule has 0 heterocycles. The topological polar surface area (TPSA) is 110 Å². The van der Waals surface area contributed by atoms with Crippen molar-refractivity contribution in [1.29, 1.82) is 0 Å². The second kappa shape index (κ2) is 5.66. The van der Waals surface area contributed by atoms with E-state index in [0.29, 0.717) is 6.42 Å². The largest absolute Gasteiger partial charge is 0.483 e. The second-order valence-electron chi connectivity index (χ2n) is 4.36. The fourth-order valence-corrected chi connectivity index (χ4v) is 1.32. The molecule has 0 aromatic heterocycles. The van der Waals surface area contributed by atoms with Crippen molar-refractivity contribution in [2.24, 2.45) is 0 Å². The van der Waals surface area contributed by atoms with Crippen molar-refractivity contribution in [1.82, 2.24) is 0 Å². The molecule has 1 unspecified atom stereocenters. The van der Waals surface area contributed by atoms with Gasteiger partial charge in [0.2, 0.25) is 5.75 Å². The number of carboxylic acid groups (broad SMARTS) is 1. The average molecular weight is 269 g/mol. The van der Waals surface area contributed by atoms with Crippen LogP contribution >= 0.6 is 0 Å². The van der Waals surface area contributed by atoms with Gasteiger partial charge in [0, 0.05) is 6.07 Å². The number of benzene rings is 1. The molecule has 0 saturated heterocycles. The number of aliphatic hydroxyl groups is 1. The summed E-state index contributed by atoms with van der Waals surface area (Å²) in [6.45, 7) is 3.00. The predicted molar refractivity (Wildman–Crippen MR) is 66.5 cm³/mol. The van der Waals surface area contributed by atoms with Crippen LogP contribution in [-0.4, -0.2) is 33.3 Å². The monoisotopic (exact) mass is 269 g/mol. The summed E-state index contributed by atoms with van der Waals surface area (Å²) in [6.07, 6.45) is 0.371. The summed E-state index contributed by atoms with van der Waals surface area (Å²) < 4.78 is 5.17. The summed E-state index contributed by atoms with van der Waals surface area (Å²) >= 11 is 0. The third kappa shape index (κ3) is 3.65. The molecule has 0 bridgehead atoms. The van der Waals surface area contributed by atoms with Crippen molar-refractivity contribution < 1.29 is 24.7 Å². The van der Waals surface area contributed by atoms with Gasteiger partial charge in [-0.25, -0.2) is 4.79 Å². The molecule has 0 radical (unpaired) electrons. The molecule has 0 amide bonds. The molecule has 7 heteroatoms. The molecule has 7 nitrogen and oxygen atoms in total. The number of nitro benzene ring substituents is 1. The average Bonchev–Trinajstić information content (AvgIpc) is 2.35. The zero-order valence-corrected chi connectivity index (χ0v) is 10.6. The summed E-state index contributed by atoms with van der Waals surface area (Å²) in [5.41, 5.74) is -1.92. The Morgan fingerprint density at radius 1 is 1.53 bits per heavy atom. The smallest absolute Gasteiger partial charge is 0.339 e. The highest BCUT2D eigenvalue weighted by molar-refractivity contribution is 5.92. The van der Waals surface area contributed by atoms with Gasteiger partial charge in [-0.1, -0.05) is 13.0 Å². The number of nitrogens with zero attached hydrogens (tertiary/aromatic N) is 1. The van der Waals surface area contributed by atoms with Crippen LogP contribution in [0.5, 0.6) is 5.75 Å². The van der Waals surface area contributed by atoms with Gasteiger partial charge in [0.25, 0.3) is 0 Å². The molecule has 0 aliphatic carbocycles. The zero-order valence-electron chi connectivity index (χ0n) is 10.6. The molecule has 1 aromatic carbocycles. The first-order valence-corrected chi connectivity index (χ1v) is 5.64. The summed E-state index contributed by atoms with van der Waals surface area (Å²) in [6, 6.07) is 3.64. The molecular formula is C12H15NO6.